The Labute approximate surface area is 95.6 Å². The van der Waals surface area contributed by atoms with Crippen LogP contribution in [0, 0.1) is 6.92 Å². The van der Waals surface area contributed by atoms with Crippen LogP contribution in [0.2, 0.25) is 0 Å². The van der Waals surface area contributed by atoms with Crippen LogP contribution in [0.5, 0.6) is 0 Å². The summed E-state index contributed by atoms with van der Waals surface area (Å²) in [5, 5.41) is 10.4. The van der Waals surface area contributed by atoms with Crippen molar-refractivity contribution in [2.75, 3.05) is 6.54 Å². The number of aromatic nitrogens is 2. The summed E-state index contributed by atoms with van der Waals surface area (Å²) in [4.78, 5) is 11.4. The van der Waals surface area contributed by atoms with Gasteiger partial charge in [-0.05, 0) is 6.42 Å². The maximum absolute atomic E-state index is 11.4. The highest BCUT2D eigenvalue weighted by molar-refractivity contribution is 5.75. The summed E-state index contributed by atoms with van der Waals surface area (Å²) in [6, 6.07) is 0. The van der Waals surface area contributed by atoms with Crippen molar-refractivity contribution < 1.29 is 9.21 Å². The van der Waals surface area contributed by atoms with Gasteiger partial charge in [0.05, 0.1) is 0 Å². The van der Waals surface area contributed by atoms with Crippen LogP contribution < -0.4 is 5.32 Å². The van der Waals surface area contributed by atoms with Crippen molar-refractivity contribution in [3.05, 3.63) is 11.8 Å². The topological polar surface area (TPSA) is 68.0 Å². The smallest absolute Gasteiger partial charge is 0.220 e. The average molecular weight is 225 g/mol. The lowest BCUT2D eigenvalue weighted by atomic mass is 10.2. The van der Waals surface area contributed by atoms with Gasteiger partial charge in [-0.1, -0.05) is 19.8 Å². The van der Waals surface area contributed by atoms with Gasteiger partial charge in [0, 0.05) is 26.3 Å². The van der Waals surface area contributed by atoms with Crippen molar-refractivity contribution in [3.8, 4) is 0 Å². The van der Waals surface area contributed by atoms with E-state index in [2.05, 4.69) is 22.4 Å². The predicted octanol–water partition coefficient (Wildman–Crippen LogP) is 1.62. The van der Waals surface area contributed by atoms with Crippen LogP contribution in [0.3, 0.4) is 0 Å². The Morgan fingerprint density at radius 3 is 2.81 bits per heavy atom. The van der Waals surface area contributed by atoms with Crippen LogP contribution in [0.25, 0.3) is 0 Å². The number of unbranched alkanes of at least 4 members (excludes halogenated alkanes) is 2. The molecule has 90 valence electrons. The predicted molar refractivity (Wildman–Crippen MR) is 59.9 cm³/mol. The summed E-state index contributed by atoms with van der Waals surface area (Å²) < 4.78 is 5.17. The van der Waals surface area contributed by atoms with E-state index in [0.29, 0.717) is 24.6 Å². The average Bonchev–Trinajstić information content (AvgIpc) is 2.68. The number of carbonyl (C=O) groups excluding carboxylic acids is 1. The number of aryl methyl sites for hydroxylation is 2. The Bertz CT molecular complexity index is 323. The molecule has 5 nitrogen and oxygen atoms in total. The van der Waals surface area contributed by atoms with Crippen LogP contribution in [-0.4, -0.2) is 22.6 Å². The van der Waals surface area contributed by atoms with E-state index in [0.717, 1.165) is 25.8 Å². The minimum Gasteiger partial charge on any atom is -0.426 e. The maximum Gasteiger partial charge on any atom is 0.220 e. The summed E-state index contributed by atoms with van der Waals surface area (Å²) in [6.07, 6.45) is 4.29. The molecule has 0 saturated heterocycles. The minimum absolute atomic E-state index is 0.0481. The largest absolute Gasteiger partial charge is 0.426 e. The second-order valence-corrected chi connectivity index (χ2v) is 3.77. The Balaban J connectivity index is 2.10. The monoisotopic (exact) mass is 225 g/mol. The first-order chi connectivity index (χ1) is 7.72. The van der Waals surface area contributed by atoms with E-state index in [4.69, 9.17) is 4.42 Å². The van der Waals surface area contributed by atoms with Gasteiger partial charge >= 0.3 is 0 Å². The fraction of sp³-hybridized carbons (Fsp3) is 0.727. The SMILES string of the molecule is CCCCCNC(=O)CCc1nnc(C)o1. The van der Waals surface area contributed by atoms with Gasteiger partial charge in [-0.25, -0.2) is 0 Å². The van der Waals surface area contributed by atoms with Gasteiger partial charge in [-0.2, -0.15) is 0 Å². The fourth-order valence-corrected chi connectivity index (χ4v) is 1.35. The number of rotatable bonds is 7. The van der Waals surface area contributed by atoms with E-state index in [9.17, 15) is 4.79 Å². The van der Waals surface area contributed by atoms with Crippen molar-refractivity contribution in [2.45, 2.75) is 46.0 Å². The van der Waals surface area contributed by atoms with E-state index in [1.54, 1.807) is 6.92 Å². The summed E-state index contributed by atoms with van der Waals surface area (Å²) in [6.45, 7) is 4.64. The second-order valence-electron chi connectivity index (χ2n) is 3.77. The van der Waals surface area contributed by atoms with Crippen LogP contribution in [-0.2, 0) is 11.2 Å². The highest BCUT2D eigenvalue weighted by atomic mass is 16.4. The van der Waals surface area contributed by atoms with E-state index in [1.807, 2.05) is 0 Å². The van der Waals surface area contributed by atoms with Crippen LogP contribution in [0.15, 0.2) is 4.42 Å². The molecule has 0 aliphatic rings. The third kappa shape index (κ3) is 4.91. The zero-order chi connectivity index (χ0) is 11.8. The van der Waals surface area contributed by atoms with E-state index >= 15 is 0 Å². The maximum atomic E-state index is 11.4. The number of hydrogen-bond donors (Lipinski definition) is 1. The lowest BCUT2D eigenvalue weighted by molar-refractivity contribution is -0.121. The first-order valence-corrected chi connectivity index (χ1v) is 5.78. The Morgan fingerprint density at radius 2 is 2.19 bits per heavy atom. The van der Waals surface area contributed by atoms with Crippen molar-refractivity contribution in [1.29, 1.82) is 0 Å². The molecule has 1 N–H and O–H groups in total. The lowest BCUT2D eigenvalue weighted by Crippen LogP contribution is -2.24. The standard InChI is InChI=1S/C11H19N3O2/c1-3-4-5-8-12-10(15)6-7-11-14-13-9(2)16-11/h3-8H2,1-2H3,(H,12,15). The van der Waals surface area contributed by atoms with Crippen LogP contribution in [0.1, 0.15) is 44.4 Å². The Morgan fingerprint density at radius 1 is 1.38 bits per heavy atom. The van der Waals surface area contributed by atoms with Crippen molar-refractivity contribution in [3.63, 3.8) is 0 Å². The zero-order valence-electron chi connectivity index (χ0n) is 9.95. The fourth-order valence-electron chi connectivity index (χ4n) is 1.35. The molecule has 0 aliphatic carbocycles. The molecule has 1 aromatic heterocycles. The van der Waals surface area contributed by atoms with Crippen molar-refractivity contribution in [2.24, 2.45) is 0 Å². The van der Waals surface area contributed by atoms with Crippen molar-refractivity contribution in [1.82, 2.24) is 15.5 Å². The quantitative estimate of drug-likeness (QED) is 0.716. The number of amides is 1. The molecular formula is C11H19N3O2. The summed E-state index contributed by atoms with van der Waals surface area (Å²) >= 11 is 0. The van der Waals surface area contributed by atoms with Gasteiger partial charge in [0.15, 0.2) is 0 Å². The van der Waals surface area contributed by atoms with Gasteiger partial charge in [-0.3, -0.25) is 4.79 Å². The van der Waals surface area contributed by atoms with Crippen LogP contribution in [0.4, 0.5) is 0 Å². The normalized spacial score (nSPS) is 10.4. The summed E-state index contributed by atoms with van der Waals surface area (Å²) in [7, 11) is 0. The van der Waals surface area contributed by atoms with Gasteiger partial charge in [-0.15, -0.1) is 10.2 Å². The van der Waals surface area contributed by atoms with Gasteiger partial charge < -0.3 is 9.73 Å². The Hall–Kier alpha value is -1.39. The number of nitrogens with one attached hydrogen (secondary N) is 1. The number of carbonyl (C=O) groups is 1. The number of nitrogens with zero attached hydrogens (tertiary/aromatic N) is 2. The Kier molecular flexibility index (Phi) is 5.53. The summed E-state index contributed by atoms with van der Waals surface area (Å²) in [5.41, 5.74) is 0. The molecule has 0 unspecified atom stereocenters. The van der Waals surface area contributed by atoms with Crippen molar-refractivity contribution >= 4 is 5.91 Å². The van der Waals surface area contributed by atoms with Gasteiger partial charge in [0.2, 0.25) is 17.7 Å². The number of hydrogen-bond acceptors (Lipinski definition) is 4. The molecule has 0 saturated carbocycles. The molecular weight excluding hydrogens is 206 g/mol. The molecule has 5 heteroatoms. The van der Waals surface area contributed by atoms with Gasteiger partial charge in [0.25, 0.3) is 0 Å². The summed E-state index contributed by atoms with van der Waals surface area (Å²) in [5.74, 6) is 1.12. The van der Waals surface area contributed by atoms with Crippen LogP contribution >= 0.6 is 0 Å². The van der Waals surface area contributed by atoms with E-state index in [1.165, 1.54) is 0 Å². The first-order valence-electron chi connectivity index (χ1n) is 5.78. The van der Waals surface area contributed by atoms with Gasteiger partial charge in [0.1, 0.15) is 0 Å². The third-order valence-electron chi connectivity index (χ3n) is 2.24. The third-order valence-corrected chi connectivity index (χ3v) is 2.24. The molecule has 0 radical (unpaired) electrons. The molecule has 1 rings (SSSR count). The molecule has 0 spiro atoms. The zero-order valence-corrected chi connectivity index (χ0v) is 9.95. The second kappa shape index (κ2) is 6.98. The van der Waals surface area contributed by atoms with E-state index < -0.39 is 0 Å². The molecule has 1 aromatic rings. The molecule has 1 amide bonds. The highest BCUT2D eigenvalue weighted by Crippen LogP contribution is 2.01. The highest BCUT2D eigenvalue weighted by Gasteiger charge is 2.06. The van der Waals surface area contributed by atoms with E-state index in [-0.39, 0.29) is 5.91 Å². The molecule has 0 fully saturated rings. The molecule has 0 atom stereocenters. The molecule has 0 aromatic carbocycles. The molecule has 0 bridgehead atoms. The molecule has 16 heavy (non-hydrogen) atoms. The lowest BCUT2D eigenvalue weighted by Gasteiger charge is -2.02. The molecule has 1 heterocycles. The minimum atomic E-state index is 0.0481. The molecule has 0 aliphatic heterocycles. The first kappa shape index (κ1) is 12.7.